The molecule has 3 rings (SSSR count). The Morgan fingerprint density at radius 3 is 2.47 bits per heavy atom. The van der Waals surface area contributed by atoms with Gasteiger partial charge in [0.1, 0.15) is 5.75 Å². The Morgan fingerprint density at radius 2 is 1.80 bits per heavy atom. The van der Waals surface area contributed by atoms with E-state index >= 15 is 0 Å². The van der Waals surface area contributed by atoms with Crippen LogP contribution in [0.25, 0.3) is 0 Å². The lowest BCUT2D eigenvalue weighted by Crippen LogP contribution is -2.29. The van der Waals surface area contributed by atoms with Crippen molar-refractivity contribution in [2.24, 2.45) is 11.7 Å². The molecule has 0 unspecified atom stereocenters. The molecule has 2 aromatic carbocycles. The highest BCUT2D eigenvalue weighted by Crippen LogP contribution is 2.32. The van der Waals surface area contributed by atoms with Gasteiger partial charge in [-0.15, -0.1) is 12.4 Å². The van der Waals surface area contributed by atoms with E-state index in [4.69, 9.17) is 15.2 Å². The van der Waals surface area contributed by atoms with Gasteiger partial charge in [-0.25, -0.2) is 0 Å². The lowest BCUT2D eigenvalue weighted by molar-refractivity contribution is -0.130. The van der Waals surface area contributed by atoms with E-state index in [-0.39, 0.29) is 18.3 Å². The molecular weight excluding hydrogens is 400 g/mol. The van der Waals surface area contributed by atoms with Gasteiger partial charge in [-0.3, -0.25) is 4.79 Å². The minimum atomic E-state index is 0. The van der Waals surface area contributed by atoms with E-state index in [0.29, 0.717) is 37.8 Å². The number of methoxy groups -OCH3 is 1. The van der Waals surface area contributed by atoms with Crippen molar-refractivity contribution in [1.82, 2.24) is 4.90 Å². The molecule has 1 heterocycles. The number of likely N-dealkylation sites (tertiary alicyclic amines) is 1. The predicted octanol–water partition coefficient (Wildman–Crippen LogP) is 3.66. The number of ether oxygens (including phenoxy) is 2. The Labute approximate surface area is 186 Å². The molecule has 6 heteroatoms. The van der Waals surface area contributed by atoms with Gasteiger partial charge in [0.15, 0.2) is 0 Å². The number of hydrogen-bond donors (Lipinski definition) is 1. The summed E-state index contributed by atoms with van der Waals surface area (Å²) in [6.45, 7) is 3.37. The van der Waals surface area contributed by atoms with Crippen molar-refractivity contribution in [3.8, 4) is 5.75 Å². The smallest absolute Gasteiger partial charge is 0.222 e. The normalized spacial score (nSPS) is 18.1. The quantitative estimate of drug-likeness (QED) is 0.582. The highest BCUT2D eigenvalue weighted by molar-refractivity contribution is 5.85. The number of nitrogens with two attached hydrogens (primary N) is 1. The lowest BCUT2D eigenvalue weighted by atomic mass is 9.89. The van der Waals surface area contributed by atoms with Crippen LogP contribution in [0.4, 0.5) is 0 Å². The second-order valence-corrected chi connectivity index (χ2v) is 7.65. The first-order valence-corrected chi connectivity index (χ1v) is 10.4. The van der Waals surface area contributed by atoms with E-state index < -0.39 is 0 Å². The Kier molecular flexibility index (Phi) is 10.1. The van der Waals surface area contributed by atoms with Crippen LogP contribution in [0.15, 0.2) is 54.6 Å². The second-order valence-electron chi connectivity index (χ2n) is 7.65. The molecular formula is C24H33ClN2O3. The maximum absolute atomic E-state index is 12.7. The van der Waals surface area contributed by atoms with Gasteiger partial charge in [0, 0.05) is 32.5 Å². The lowest BCUT2D eigenvalue weighted by Gasteiger charge is -2.17. The Hall–Kier alpha value is -2.08. The van der Waals surface area contributed by atoms with E-state index in [0.717, 1.165) is 31.9 Å². The molecule has 0 bridgehead atoms. The number of carbonyl (C=O) groups is 1. The van der Waals surface area contributed by atoms with Crippen molar-refractivity contribution >= 4 is 18.3 Å². The fourth-order valence-electron chi connectivity index (χ4n) is 3.94. The molecule has 1 aliphatic rings. The number of carbonyl (C=O) groups excluding carboxylic acids is 1. The average molecular weight is 433 g/mol. The van der Waals surface area contributed by atoms with Crippen LogP contribution < -0.4 is 10.5 Å². The van der Waals surface area contributed by atoms with Gasteiger partial charge >= 0.3 is 0 Å². The zero-order valence-corrected chi connectivity index (χ0v) is 18.5. The van der Waals surface area contributed by atoms with Gasteiger partial charge in [-0.05, 0) is 48.6 Å². The Morgan fingerprint density at radius 1 is 1.07 bits per heavy atom. The van der Waals surface area contributed by atoms with Crippen LogP contribution in [0.5, 0.6) is 5.75 Å². The van der Waals surface area contributed by atoms with Gasteiger partial charge in [-0.1, -0.05) is 42.5 Å². The third-order valence-corrected chi connectivity index (χ3v) is 5.65. The van der Waals surface area contributed by atoms with Crippen LogP contribution in [0.1, 0.15) is 29.9 Å². The number of hydrogen-bond acceptors (Lipinski definition) is 4. The van der Waals surface area contributed by atoms with E-state index in [1.807, 2.05) is 23.1 Å². The molecule has 5 nitrogen and oxygen atoms in total. The molecule has 0 aliphatic carbocycles. The summed E-state index contributed by atoms with van der Waals surface area (Å²) in [5.41, 5.74) is 8.48. The number of benzene rings is 2. The molecule has 1 fully saturated rings. The van der Waals surface area contributed by atoms with Crippen molar-refractivity contribution in [2.45, 2.75) is 25.2 Å². The van der Waals surface area contributed by atoms with Gasteiger partial charge in [0.05, 0.1) is 13.2 Å². The Balaban J connectivity index is 0.00000320. The van der Waals surface area contributed by atoms with Crippen molar-refractivity contribution in [2.75, 3.05) is 40.0 Å². The van der Waals surface area contributed by atoms with Gasteiger partial charge < -0.3 is 20.1 Å². The number of rotatable bonds is 10. The fraction of sp³-hybridized carbons (Fsp3) is 0.458. The van der Waals surface area contributed by atoms with Crippen molar-refractivity contribution < 1.29 is 14.3 Å². The van der Waals surface area contributed by atoms with Crippen LogP contribution in [0, 0.1) is 5.92 Å². The van der Waals surface area contributed by atoms with Crippen LogP contribution in [0.3, 0.4) is 0 Å². The van der Waals surface area contributed by atoms with Crippen LogP contribution in [0.2, 0.25) is 0 Å². The van der Waals surface area contributed by atoms with Crippen molar-refractivity contribution in [1.29, 1.82) is 0 Å². The van der Waals surface area contributed by atoms with E-state index in [9.17, 15) is 4.79 Å². The van der Waals surface area contributed by atoms with E-state index in [1.54, 1.807) is 7.11 Å². The average Bonchev–Trinajstić information content (AvgIpc) is 3.21. The fourth-order valence-corrected chi connectivity index (χ4v) is 3.94. The molecule has 0 spiro atoms. The standard InChI is InChI=1S/C24H32N2O3.ClH/c1-28-15-13-19-9-11-22(12-10-19)29-14-5-8-24(27)26-17-21(16-25)23(18-26)20-6-3-2-4-7-20;/h2-4,6-7,9-12,21,23H,5,8,13-18,25H2,1H3;1H/t21-,23+;/m1./s1. The third-order valence-electron chi connectivity index (χ3n) is 5.65. The summed E-state index contributed by atoms with van der Waals surface area (Å²) in [6.07, 6.45) is 2.11. The highest BCUT2D eigenvalue weighted by atomic mass is 35.5. The zero-order chi connectivity index (χ0) is 20.5. The van der Waals surface area contributed by atoms with Gasteiger partial charge in [0.2, 0.25) is 5.91 Å². The van der Waals surface area contributed by atoms with Gasteiger partial charge in [0.25, 0.3) is 0 Å². The molecule has 0 aromatic heterocycles. The minimum Gasteiger partial charge on any atom is -0.494 e. The minimum absolute atomic E-state index is 0. The number of nitrogens with zero attached hydrogens (tertiary/aromatic N) is 1. The summed E-state index contributed by atoms with van der Waals surface area (Å²) in [4.78, 5) is 14.6. The molecule has 2 atom stereocenters. The van der Waals surface area contributed by atoms with Crippen LogP contribution >= 0.6 is 12.4 Å². The molecule has 2 N–H and O–H groups in total. The monoisotopic (exact) mass is 432 g/mol. The zero-order valence-electron chi connectivity index (χ0n) is 17.7. The first kappa shape index (κ1) is 24.2. The van der Waals surface area contributed by atoms with Crippen molar-refractivity contribution in [3.63, 3.8) is 0 Å². The number of halogens is 1. The molecule has 1 saturated heterocycles. The molecule has 2 aromatic rings. The predicted molar refractivity (Wildman–Crippen MR) is 122 cm³/mol. The summed E-state index contributed by atoms with van der Waals surface area (Å²) in [5.74, 6) is 1.69. The maximum atomic E-state index is 12.7. The van der Waals surface area contributed by atoms with Crippen LogP contribution in [-0.4, -0.2) is 50.8 Å². The molecule has 0 radical (unpaired) electrons. The first-order valence-electron chi connectivity index (χ1n) is 10.4. The SMILES string of the molecule is COCCc1ccc(OCCCC(=O)N2C[C@@H](CN)[C@H](c3ccccc3)C2)cc1.Cl. The molecule has 164 valence electrons. The first-order chi connectivity index (χ1) is 14.2. The summed E-state index contributed by atoms with van der Waals surface area (Å²) in [7, 11) is 1.71. The number of amides is 1. The van der Waals surface area contributed by atoms with Gasteiger partial charge in [-0.2, -0.15) is 0 Å². The molecule has 30 heavy (non-hydrogen) atoms. The summed E-state index contributed by atoms with van der Waals surface area (Å²) >= 11 is 0. The molecule has 1 aliphatic heterocycles. The van der Waals surface area contributed by atoms with Crippen LogP contribution in [-0.2, 0) is 16.0 Å². The topological polar surface area (TPSA) is 64.8 Å². The molecule has 1 amide bonds. The van der Waals surface area contributed by atoms with E-state index in [2.05, 4.69) is 36.4 Å². The summed E-state index contributed by atoms with van der Waals surface area (Å²) < 4.78 is 10.9. The summed E-state index contributed by atoms with van der Waals surface area (Å²) in [5, 5.41) is 0. The third kappa shape index (κ3) is 6.73. The largest absolute Gasteiger partial charge is 0.494 e. The Bertz CT molecular complexity index is 755. The highest BCUT2D eigenvalue weighted by Gasteiger charge is 2.34. The summed E-state index contributed by atoms with van der Waals surface area (Å²) in [6, 6.07) is 18.5. The maximum Gasteiger partial charge on any atom is 0.222 e. The second kappa shape index (κ2) is 12.6. The van der Waals surface area contributed by atoms with Crippen molar-refractivity contribution in [3.05, 3.63) is 65.7 Å². The molecule has 0 saturated carbocycles. The van der Waals surface area contributed by atoms with E-state index in [1.165, 1.54) is 11.1 Å².